The van der Waals surface area contributed by atoms with Gasteiger partial charge in [0.15, 0.2) is 5.75 Å². The lowest BCUT2D eigenvalue weighted by Gasteiger charge is -2.05. The van der Waals surface area contributed by atoms with Crippen LogP contribution in [0.4, 0.5) is 11.4 Å². The fraction of sp³-hybridized carbons (Fsp3) is 0.222. The van der Waals surface area contributed by atoms with E-state index in [-0.39, 0.29) is 19.0 Å². The van der Waals surface area contributed by atoms with Crippen molar-refractivity contribution in [2.45, 2.75) is 0 Å². The highest BCUT2D eigenvalue weighted by atomic mass is 35.5. The van der Waals surface area contributed by atoms with E-state index in [1.807, 2.05) is 0 Å². The number of carbonyl (C=O) groups is 1. The van der Waals surface area contributed by atoms with E-state index in [1.54, 1.807) is 0 Å². The quantitative estimate of drug-likeness (QED) is 0.367. The van der Waals surface area contributed by atoms with E-state index in [1.165, 1.54) is 19.2 Å². The number of esters is 1. The van der Waals surface area contributed by atoms with Gasteiger partial charge in [0.2, 0.25) is 0 Å². The molecule has 0 aliphatic carbocycles. The lowest BCUT2D eigenvalue weighted by molar-refractivity contribution is -0.385. The number of nitro benzene ring substituents is 1. The molecule has 0 saturated heterocycles. The molecule has 7 nitrogen and oxygen atoms in total. The summed E-state index contributed by atoms with van der Waals surface area (Å²) in [5.74, 6) is -0.913. The molecule has 8 heteroatoms. The average molecular weight is 263 g/mol. The van der Waals surface area contributed by atoms with Gasteiger partial charge in [0.25, 0.3) is 0 Å². The molecular formula is C9H11ClN2O5. The van der Waals surface area contributed by atoms with E-state index < -0.39 is 22.3 Å². The van der Waals surface area contributed by atoms with Crippen LogP contribution in [0.3, 0.4) is 0 Å². The topological polar surface area (TPSA) is 102 Å². The van der Waals surface area contributed by atoms with Crippen LogP contribution in [0, 0.1) is 10.1 Å². The minimum absolute atomic E-state index is 0. The van der Waals surface area contributed by atoms with Gasteiger partial charge in [0, 0.05) is 11.8 Å². The van der Waals surface area contributed by atoms with Crippen LogP contribution < -0.4 is 5.32 Å². The van der Waals surface area contributed by atoms with Gasteiger partial charge in [-0.1, -0.05) is 0 Å². The second-order valence-electron chi connectivity index (χ2n) is 2.89. The maximum Gasteiger partial charge on any atom is 0.325 e. The number of hydrogen-bond donors (Lipinski definition) is 2. The summed E-state index contributed by atoms with van der Waals surface area (Å²) in [6, 6.07) is 3.74. The highest BCUT2D eigenvalue weighted by Gasteiger charge is 2.13. The number of hydrogen-bond acceptors (Lipinski definition) is 6. The minimum atomic E-state index is -0.710. The number of ether oxygens (including phenoxy) is 1. The number of halogens is 1. The second kappa shape index (κ2) is 6.54. The van der Waals surface area contributed by atoms with Crippen molar-refractivity contribution in [3.8, 4) is 5.75 Å². The lowest BCUT2D eigenvalue weighted by atomic mass is 10.2. The Balaban J connectivity index is 0.00000256. The van der Waals surface area contributed by atoms with Crippen LogP contribution >= 0.6 is 12.4 Å². The molecule has 94 valence electrons. The van der Waals surface area contributed by atoms with Crippen molar-refractivity contribution in [1.29, 1.82) is 0 Å². The van der Waals surface area contributed by atoms with E-state index in [0.717, 1.165) is 6.07 Å². The van der Waals surface area contributed by atoms with Gasteiger partial charge in [-0.2, -0.15) is 0 Å². The Morgan fingerprint density at radius 2 is 2.24 bits per heavy atom. The lowest BCUT2D eigenvalue weighted by Crippen LogP contribution is -2.14. The zero-order chi connectivity index (χ0) is 12.1. The second-order valence-corrected chi connectivity index (χ2v) is 2.89. The Kier molecular flexibility index (Phi) is 5.76. The van der Waals surface area contributed by atoms with Crippen molar-refractivity contribution in [1.82, 2.24) is 0 Å². The average Bonchev–Trinajstić information content (AvgIpc) is 2.27. The number of nitrogens with zero attached hydrogens (tertiary/aromatic N) is 1. The molecule has 0 aromatic heterocycles. The van der Waals surface area contributed by atoms with Gasteiger partial charge in [-0.3, -0.25) is 14.9 Å². The number of phenols is 1. The van der Waals surface area contributed by atoms with Crippen molar-refractivity contribution >= 4 is 29.8 Å². The van der Waals surface area contributed by atoms with E-state index in [4.69, 9.17) is 5.11 Å². The third kappa shape index (κ3) is 4.15. The number of benzene rings is 1. The van der Waals surface area contributed by atoms with Crippen LogP contribution in [0.25, 0.3) is 0 Å². The Morgan fingerprint density at radius 3 is 2.76 bits per heavy atom. The predicted molar refractivity (Wildman–Crippen MR) is 62.5 cm³/mol. The number of nitro groups is 1. The first-order valence-electron chi connectivity index (χ1n) is 4.32. The summed E-state index contributed by atoms with van der Waals surface area (Å²) in [6.07, 6.45) is 0. The van der Waals surface area contributed by atoms with Gasteiger partial charge >= 0.3 is 11.7 Å². The fourth-order valence-corrected chi connectivity index (χ4v) is 1.03. The van der Waals surface area contributed by atoms with E-state index in [0.29, 0.717) is 5.69 Å². The molecule has 2 N–H and O–H groups in total. The van der Waals surface area contributed by atoms with Crippen LogP contribution in [0.2, 0.25) is 0 Å². The summed E-state index contributed by atoms with van der Waals surface area (Å²) in [7, 11) is 1.24. The molecule has 1 aromatic rings. The first-order valence-corrected chi connectivity index (χ1v) is 4.32. The van der Waals surface area contributed by atoms with Crippen LogP contribution in [-0.2, 0) is 9.53 Å². The molecule has 0 unspecified atom stereocenters. The first-order chi connectivity index (χ1) is 7.54. The molecule has 0 heterocycles. The van der Waals surface area contributed by atoms with Gasteiger partial charge in [-0.15, -0.1) is 12.4 Å². The van der Waals surface area contributed by atoms with Crippen molar-refractivity contribution in [3.63, 3.8) is 0 Å². The van der Waals surface area contributed by atoms with Crippen LogP contribution in [-0.4, -0.2) is 29.7 Å². The van der Waals surface area contributed by atoms with Gasteiger partial charge in [0.1, 0.15) is 6.54 Å². The van der Waals surface area contributed by atoms with Gasteiger partial charge in [0.05, 0.1) is 12.0 Å². The number of aromatic hydroxyl groups is 1. The molecule has 1 aromatic carbocycles. The molecule has 17 heavy (non-hydrogen) atoms. The van der Waals surface area contributed by atoms with Gasteiger partial charge in [-0.05, 0) is 12.1 Å². The van der Waals surface area contributed by atoms with E-state index >= 15 is 0 Å². The first kappa shape index (κ1) is 15.0. The third-order valence-electron chi connectivity index (χ3n) is 1.84. The van der Waals surface area contributed by atoms with Crippen molar-refractivity contribution in [3.05, 3.63) is 28.3 Å². The predicted octanol–water partition coefficient (Wildman–Crippen LogP) is 1.31. The van der Waals surface area contributed by atoms with Gasteiger partial charge in [-0.25, -0.2) is 0 Å². The van der Waals surface area contributed by atoms with Crippen molar-refractivity contribution in [2.75, 3.05) is 19.0 Å². The number of carbonyl (C=O) groups excluding carboxylic acids is 1. The number of anilines is 1. The van der Waals surface area contributed by atoms with Crippen molar-refractivity contribution in [2.24, 2.45) is 0 Å². The zero-order valence-corrected chi connectivity index (χ0v) is 9.69. The third-order valence-corrected chi connectivity index (χ3v) is 1.84. The SMILES string of the molecule is COC(=O)CNc1ccc(O)c([N+](=O)[O-])c1.Cl. The standard InChI is InChI=1S/C9H10N2O5.ClH/c1-16-9(13)5-10-6-2-3-8(12)7(4-6)11(14)15;/h2-4,10,12H,5H2,1H3;1H. The number of rotatable bonds is 4. The molecule has 0 radical (unpaired) electrons. The normalized spacial score (nSPS) is 9.00. The molecular weight excluding hydrogens is 252 g/mol. The van der Waals surface area contributed by atoms with Crippen LogP contribution in [0.15, 0.2) is 18.2 Å². The molecule has 0 fully saturated rings. The highest BCUT2D eigenvalue weighted by molar-refractivity contribution is 5.85. The largest absolute Gasteiger partial charge is 0.502 e. The molecule has 0 amide bonds. The Hall–Kier alpha value is -2.02. The molecule has 0 spiro atoms. The summed E-state index contributed by atoms with van der Waals surface area (Å²) in [5.41, 5.74) is -0.0650. The molecule has 1 rings (SSSR count). The molecule has 0 aliphatic rings. The Morgan fingerprint density at radius 1 is 1.59 bits per heavy atom. The molecule has 0 saturated carbocycles. The summed E-state index contributed by atoms with van der Waals surface area (Å²) in [4.78, 5) is 20.6. The maximum absolute atomic E-state index is 10.8. The van der Waals surface area contributed by atoms with Gasteiger partial charge < -0.3 is 15.2 Å². The molecule has 0 aliphatic heterocycles. The van der Waals surface area contributed by atoms with Crippen LogP contribution in [0.1, 0.15) is 0 Å². The van der Waals surface area contributed by atoms with E-state index in [9.17, 15) is 14.9 Å². The monoisotopic (exact) mass is 262 g/mol. The molecule has 0 atom stereocenters. The highest BCUT2D eigenvalue weighted by Crippen LogP contribution is 2.28. The maximum atomic E-state index is 10.8. The summed E-state index contributed by atoms with van der Waals surface area (Å²) in [5, 5.41) is 22.3. The van der Waals surface area contributed by atoms with E-state index in [2.05, 4.69) is 10.1 Å². The van der Waals surface area contributed by atoms with Crippen molar-refractivity contribution < 1.29 is 19.6 Å². The zero-order valence-electron chi connectivity index (χ0n) is 8.87. The molecule has 0 bridgehead atoms. The number of phenolic OH excluding ortho intramolecular Hbond substituents is 1. The fourth-order valence-electron chi connectivity index (χ4n) is 1.03. The summed E-state index contributed by atoms with van der Waals surface area (Å²) < 4.78 is 4.39. The Bertz CT molecular complexity index is 424. The summed E-state index contributed by atoms with van der Waals surface area (Å²) >= 11 is 0. The van der Waals surface area contributed by atoms with Crippen LogP contribution in [0.5, 0.6) is 5.75 Å². The minimum Gasteiger partial charge on any atom is -0.502 e. The summed E-state index contributed by atoms with van der Waals surface area (Å²) in [6.45, 7) is -0.0988. The number of methoxy groups -OCH3 is 1. The Labute approximate surface area is 103 Å². The smallest absolute Gasteiger partial charge is 0.325 e. The number of nitrogens with one attached hydrogen (secondary N) is 1.